The number of carbonyl (C=O) groups is 1. The van der Waals surface area contributed by atoms with Crippen molar-refractivity contribution in [3.63, 3.8) is 0 Å². The van der Waals surface area contributed by atoms with E-state index in [1.54, 1.807) is 12.1 Å². The number of carbonyl (C=O) groups excluding carboxylic acids is 1. The number of halogens is 1. The Bertz CT molecular complexity index is 916. The van der Waals surface area contributed by atoms with Crippen molar-refractivity contribution >= 4 is 17.5 Å². The van der Waals surface area contributed by atoms with Crippen LogP contribution in [0.5, 0.6) is 23.0 Å². The van der Waals surface area contributed by atoms with Gasteiger partial charge in [0.1, 0.15) is 0 Å². The van der Waals surface area contributed by atoms with Gasteiger partial charge < -0.3 is 23.8 Å². The second-order valence-electron chi connectivity index (χ2n) is 7.11. The highest BCUT2D eigenvalue weighted by atomic mass is 35.5. The molecule has 0 bridgehead atoms. The quantitative estimate of drug-likeness (QED) is 0.733. The van der Waals surface area contributed by atoms with Gasteiger partial charge in [-0.1, -0.05) is 17.7 Å². The summed E-state index contributed by atoms with van der Waals surface area (Å²) in [5.74, 6) is 2.28. The van der Waals surface area contributed by atoms with E-state index in [1.165, 1.54) is 14.2 Å². The lowest BCUT2D eigenvalue weighted by molar-refractivity contribution is 0.0735. The molecule has 1 fully saturated rings. The Morgan fingerprint density at radius 3 is 2.62 bits per heavy atom. The van der Waals surface area contributed by atoms with Crippen molar-refractivity contribution < 1.29 is 23.7 Å². The fraction of sp³-hybridized carbons (Fsp3) is 0.409. The van der Waals surface area contributed by atoms with Crippen LogP contribution < -0.4 is 18.9 Å². The molecule has 2 heterocycles. The summed E-state index contributed by atoms with van der Waals surface area (Å²) in [6.07, 6.45) is 2.69. The lowest BCUT2D eigenvalue weighted by Crippen LogP contribution is -2.30. The van der Waals surface area contributed by atoms with E-state index in [0.717, 1.165) is 36.3 Å². The second-order valence-corrected chi connectivity index (χ2v) is 7.51. The molecule has 0 saturated carbocycles. The summed E-state index contributed by atoms with van der Waals surface area (Å²) in [5.41, 5.74) is 1.53. The number of methoxy groups -OCH3 is 2. The molecule has 7 heteroatoms. The van der Waals surface area contributed by atoms with Crippen molar-refractivity contribution in [2.45, 2.75) is 25.3 Å². The van der Waals surface area contributed by atoms with Gasteiger partial charge in [-0.05, 0) is 42.7 Å². The van der Waals surface area contributed by atoms with Crippen molar-refractivity contribution in [2.75, 3.05) is 34.0 Å². The van der Waals surface area contributed by atoms with Crippen molar-refractivity contribution in [1.82, 2.24) is 4.90 Å². The Kier molecular flexibility index (Phi) is 5.72. The molecule has 154 valence electrons. The third-order valence-electron chi connectivity index (χ3n) is 5.35. The third-order valence-corrected chi connectivity index (χ3v) is 5.63. The molecule has 0 radical (unpaired) electrons. The SMILES string of the molecule is COc1cc(C(=O)N2CCC[C@@H]2c2ccc3c(c2)OCCCO3)cc(Cl)c1OC. The molecule has 2 aromatic carbocycles. The summed E-state index contributed by atoms with van der Waals surface area (Å²) in [7, 11) is 3.05. The van der Waals surface area contributed by atoms with Gasteiger partial charge in [0.15, 0.2) is 23.0 Å². The molecule has 0 aromatic heterocycles. The first-order chi connectivity index (χ1) is 14.1. The lowest BCUT2D eigenvalue weighted by Gasteiger charge is -2.26. The minimum Gasteiger partial charge on any atom is -0.493 e. The predicted molar refractivity (Wildman–Crippen MR) is 110 cm³/mol. The number of rotatable bonds is 4. The standard InChI is InChI=1S/C22H24ClNO5/c1-26-20-13-15(11-16(23)21(20)27-2)22(25)24-8-3-5-17(24)14-6-7-18-19(12-14)29-10-4-9-28-18/h6-7,11-13,17H,3-5,8-10H2,1-2H3/t17-/m1/s1. The average Bonchev–Trinajstić information content (AvgIpc) is 3.11. The van der Waals surface area contributed by atoms with Gasteiger partial charge in [0.25, 0.3) is 5.91 Å². The number of amides is 1. The van der Waals surface area contributed by atoms with Crippen LogP contribution in [0.2, 0.25) is 5.02 Å². The molecule has 0 N–H and O–H groups in total. The molecule has 0 aliphatic carbocycles. The van der Waals surface area contributed by atoms with Crippen LogP contribution in [0.1, 0.15) is 41.2 Å². The maximum atomic E-state index is 13.3. The van der Waals surface area contributed by atoms with Crippen LogP contribution in [0.15, 0.2) is 30.3 Å². The molecule has 1 amide bonds. The Balaban J connectivity index is 1.63. The van der Waals surface area contributed by atoms with E-state index >= 15 is 0 Å². The molecule has 1 atom stereocenters. The van der Waals surface area contributed by atoms with Crippen molar-refractivity contribution in [3.05, 3.63) is 46.5 Å². The van der Waals surface area contributed by atoms with Crippen LogP contribution in [0.4, 0.5) is 0 Å². The summed E-state index contributed by atoms with van der Waals surface area (Å²) in [4.78, 5) is 15.2. The highest BCUT2D eigenvalue weighted by Crippen LogP contribution is 2.40. The van der Waals surface area contributed by atoms with E-state index < -0.39 is 0 Å². The molecular formula is C22H24ClNO5. The van der Waals surface area contributed by atoms with Gasteiger partial charge in [0.2, 0.25) is 0 Å². The van der Waals surface area contributed by atoms with Crippen molar-refractivity contribution in [3.8, 4) is 23.0 Å². The van der Waals surface area contributed by atoms with E-state index in [9.17, 15) is 4.79 Å². The predicted octanol–water partition coefficient (Wildman–Crippen LogP) is 4.50. The Morgan fingerprint density at radius 2 is 1.86 bits per heavy atom. The van der Waals surface area contributed by atoms with E-state index in [0.29, 0.717) is 41.8 Å². The molecule has 0 unspecified atom stereocenters. The first-order valence-electron chi connectivity index (χ1n) is 9.74. The Hall–Kier alpha value is -2.60. The van der Waals surface area contributed by atoms with Gasteiger partial charge in [-0.15, -0.1) is 0 Å². The fourth-order valence-corrected chi connectivity index (χ4v) is 4.24. The smallest absolute Gasteiger partial charge is 0.254 e. The van der Waals surface area contributed by atoms with E-state index in [1.807, 2.05) is 23.1 Å². The lowest BCUT2D eigenvalue weighted by atomic mass is 10.0. The van der Waals surface area contributed by atoms with Crippen LogP contribution in [-0.2, 0) is 0 Å². The number of likely N-dealkylation sites (tertiary alicyclic amines) is 1. The Labute approximate surface area is 175 Å². The maximum Gasteiger partial charge on any atom is 0.254 e. The Morgan fingerprint density at radius 1 is 1.07 bits per heavy atom. The molecule has 2 aliphatic rings. The van der Waals surface area contributed by atoms with Crippen molar-refractivity contribution in [2.24, 2.45) is 0 Å². The summed E-state index contributed by atoms with van der Waals surface area (Å²) in [6.45, 7) is 1.97. The first kappa shape index (κ1) is 19.7. The van der Waals surface area contributed by atoms with Crippen molar-refractivity contribution in [1.29, 1.82) is 0 Å². The van der Waals surface area contributed by atoms with E-state index in [4.69, 9.17) is 30.5 Å². The molecule has 1 saturated heterocycles. The summed E-state index contributed by atoms with van der Waals surface area (Å²) in [6, 6.07) is 9.24. The van der Waals surface area contributed by atoms with Crippen LogP contribution in [-0.4, -0.2) is 44.8 Å². The van der Waals surface area contributed by atoms with Gasteiger partial charge in [0, 0.05) is 18.5 Å². The number of ether oxygens (including phenoxy) is 4. The van der Waals surface area contributed by atoms with Crippen LogP contribution in [0.25, 0.3) is 0 Å². The van der Waals surface area contributed by atoms with Crippen LogP contribution in [0.3, 0.4) is 0 Å². The maximum absolute atomic E-state index is 13.3. The van der Waals surface area contributed by atoms with Gasteiger partial charge >= 0.3 is 0 Å². The van der Waals surface area contributed by atoms with Crippen LogP contribution in [0, 0.1) is 0 Å². The zero-order valence-electron chi connectivity index (χ0n) is 16.6. The zero-order chi connectivity index (χ0) is 20.4. The number of benzene rings is 2. The molecule has 2 aliphatic heterocycles. The molecule has 2 aromatic rings. The van der Waals surface area contributed by atoms with E-state index in [2.05, 4.69) is 0 Å². The molecule has 6 nitrogen and oxygen atoms in total. The summed E-state index contributed by atoms with van der Waals surface area (Å²) >= 11 is 6.31. The zero-order valence-corrected chi connectivity index (χ0v) is 17.3. The fourth-order valence-electron chi connectivity index (χ4n) is 3.95. The summed E-state index contributed by atoms with van der Waals surface area (Å²) in [5, 5.41) is 0.349. The summed E-state index contributed by atoms with van der Waals surface area (Å²) < 4.78 is 22.2. The topological polar surface area (TPSA) is 57.2 Å². The number of hydrogen-bond donors (Lipinski definition) is 0. The minimum atomic E-state index is -0.0811. The largest absolute Gasteiger partial charge is 0.493 e. The molecular weight excluding hydrogens is 394 g/mol. The minimum absolute atomic E-state index is 0.0217. The molecule has 29 heavy (non-hydrogen) atoms. The average molecular weight is 418 g/mol. The molecule has 0 spiro atoms. The van der Waals surface area contributed by atoms with Gasteiger partial charge in [-0.2, -0.15) is 0 Å². The number of hydrogen-bond acceptors (Lipinski definition) is 5. The van der Waals surface area contributed by atoms with Gasteiger partial charge in [-0.25, -0.2) is 0 Å². The highest BCUT2D eigenvalue weighted by Gasteiger charge is 2.32. The van der Waals surface area contributed by atoms with Gasteiger partial charge in [-0.3, -0.25) is 4.79 Å². The highest BCUT2D eigenvalue weighted by molar-refractivity contribution is 6.32. The van der Waals surface area contributed by atoms with Crippen LogP contribution >= 0.6 is 11.6 Å². The first-order valence-corrected chi connectivity index (χ1v) is 10.1. The number of nitrogens with zero attached hydrogens (tertiary/aromatic N) is 1. The van der Waals surface area contributed by atoms with Gasteiger partial charge in [0.05, 0.1) is 38.5 Å². The number of fused-ring (bicyclic) bond motifs is 1. The van der Waals surface area contributed by atoms with E-state index in [-0.39, 0.29) is 11.9 Å². The third kappa shape index (κ3) is 3.81. The normalized spacial score (nSPS) is 18.3. The second kappa shape index (κ2) is 8.41. The monoisotopic (exact) mass is 417 g/mol. The molecule has 4 rings (SSSR count).